The summed E-state index contributed by atoms with van der Waals surface area (Å²) >= 11 is 0. The van der Waals surface area contributed by atoms with Crippen molar-refractivity contribution in [3.8, 4) is 11.1 Å². The molecule has 1 aliphatic carbocycles. The van der Waals surface area contributed by atoms with Gasteiger partial charge in [-0.15, -0.1) is 0 Å². The fraction of sp³-hybridized carbons (Fsp3) is 0.400. The number of hydrogen-bond acceptors (Lipinski definition) is 4. The zero-order valence-corrected chi connectivity index (χ0v) is 19.0. The summed E-state index contributed by atoms with van der Waals surface area (Å²) in [4.78, 5) is 38.1. The van der Waals surface area contributed by atoms with E-state index in [2.05, 4.69) is 0 Å². The Kier molecular flexibility index (Phi) is 6.48. The number of hydrogen-bond donors (Lipinski definition) is 2. The van der Waals surface area contributed by atoms with Crippen molar-refractivity contribution in [2.45, 2.75) is 49.9 Å². The maximum Gasteiger partial charge on any atom is 0.407 e. The Morgan fingerprint density at radius 1 is 1.11 bits per heavy atom. The normalized spacial score (nSPS) is 20.2. The highest BCUT2D eigenvalue weighted by atomic mass is 19.4. The average Bonchev–Trinajstić information content (AvgIpc) is 3.35. The second-order valence-corrected chi connectivity index (χ2v) is 9.01. The number of nitrogens with one attached hydrogen (secondary N) is 1. The van der Waals surface area contributed by atoms with Gasteiger partial charge >= 0.3 is 18.2 Å². The first-order chi connectivity index (χ1) is 16.5. The predicted molar refractivity (Wildman–Crippen MR) is 120 cm³/mol. The van der Waals surface area contributed by atoms with E-state index in [1.807, 2.05) is 53.8 Å². The minimum absolute atomic E-state index is 0.0115. The third kappa shape index (κ3) is 4.82. The van der Waals surface area contributed by atoms with E-state index in [-0.39, 0.29) is 25.5 Å². The molecule has 2 aromatic rings. The number of fused-ring (bicyclic) bond motifs is 3. The molecule has 4 rings (SSSR count). The number of rotatable bonds is 6. The molecule has 7 nitrogen and oxygen atoms in total. The molecule has 2 atom stereocenters. The van der Waals surface area contributed by atoms with Gasteiger partial charge in [-0.2, -0.15) is 13.2 Å². The number of nitrogens with zero attached hydrogens (tertiary/aromatic N) is 1. The van der Waals surface area contributed by atoms with E-state index in [1.165, 1.54) is 6.92 Å². The highest BCUT2D eigenvalue weighted by molar-refractivity contribution is 5.91. The van der Waals surface area contributed by atoms with E-state index >= 15 is 0 Å². The summed E-state index contributed by atoms with van der Waals surface area (Å²) in [5.74, 6) is -2.72. The topological polar surface area (TPSA) is 95.9 Å². The van der Waals surface area contributed by atoms with Crippen LogP contribution in [0.5, 0.6) is 0 Å². The summed E-state index contributed by atoms with van der Waals surface area (Å²) in [6, 6.07) is 13.2. The van der Waals surface area contributed by atoms with Crippen molar-refractivity contribution in [2.24, 2.45) is 0 Å². The van der Waals surface area contributed by atoms with Gasteiger partial charge in [0.05, 0.1) is 6.42 Å². The Labute approximate surface area is 199 Å². The van der Waals surface area contributed by atoms with Crippen molar-refractivity contribution < 1.29 is 37.4 Å². The second kappa shape index (κ2) is 9.24. The number of carbonyl (C=O) groups is 3. The molecule has 0 spiro atoms. The zero-order chi connectivity index (χ0) is 25.4. The van der Waals surface area contributed by atoms with E-state index in [9.17, 15) is 32.7 Å². The largest absolute Gasteiger partial charge is 0.480 e. The lowest BCUT2D eigenvalue weighted by Crippen LogP contribution is -2.57. The van der Waals surface area contributed by atoms with E-state index in [0.29, 0.717) is 6.42 Å². The fourth-order valence-electron chi connectivity index (χ4n) is 4.94. The van der Waals surface area contributed by atoms with Crippen LogP contribution in [0.15, 0.2) is 48.5 Å². The highest BCUT2D eigenvalue weighted by Crippen LogP contribution is 2.44. The summed E-state index contributed by atoms with van der Waals surface area (Å²) < 4.78 is 45.0. The summed E-state index contributed by atoms with van der Waals surface area (Å²) in [5, 5.41) is 11.6. The molecule has 1 saturated heterocycles. The Morgan fingerprint density at radius 3 is 2.23 bits per heavy atom. The number of alkyl carbamates (subject to hydrolysis) is 1. The Morgan fingerprint density at radius 2 is 1.69 bits per heavy atom. The minimum atomic E-state index is -4.77. The number of carboxylic acid groups (broad SMARTS) is 1. The first-order valence-electron chi connectivity index (χ1n) is 11.2. The third-order valence-corrected chi connectivity index (χ3v) is 6.74. The maximum absolute atomic E-state index is 13.2. The van der Waals surface area contributed by atoms with Gasteiger partial charge in [-0.3, -0.25) is 4.79 Å². The smallest absolute Gasteiger partial charge is 0.407 e. The first kappa shape index (κ1) is 24.6. The van der Waals surface area contributed by atoms with E-state index in [0.717, 1.165) is 27.2 Å². The first-order valence-corrected chi connectivity index (χ1v) is 11.2. The molecule has 2 aliphatic rings. The van der Waals surface area contributed by atoms with Gasteiger partial charge in [0.2, 0.25) is 5.91 Å². The molecule has 0 saturated carbocycles. The number of halogens is 3. The summed E-state index contributed by atoms with van der Waals surface area (Å²) in [5.41, 5.74) is 2.20. The molecule has 2 unspecified atom stereocenters. The molecular weight excluding hydrogens is 465 g/mol. The van der Waals surface area contributed by atoms with Crippen LogP contribution in [-0.2, 0) is 14.3 Å². The van der Waals surface area contributed by atoms with Gasteiger partial charge in [-0.1, -0.05) is 48.5 Å². The van der Waals surface area contributed by atoms with Gasteiger partial charge in [-0.05, 0) is 42.0 Å². The van der Waals surface area contributed by atoms with Crippen molar-refractivity contribution in [3.63, 3.8) is 0 Å². The summed E-state index contributed by atoms with van der Waals surface area (Å²) in [6.07, 6.45) is -7.14. The van der Waals surface area contributed by atoms with Crippen molar-refractivity contribution in [3.05, 3.63) is 59.7 Å². The molecule has 1 aliphatic heterocycles. The van der Waals surface area contributed by atoms with Crippen LogP contribution in [0.2, 0.25) is 0 Å². The predicted octanol–water partition coefficient (Wildman–Crippen LogP) is 4.31. The molecule has 0 bridgehead atoms. The standard InChI is InChI=1S/C25H25F3N2O5/c1-24(22(32)33)11-6-12-30(24)21(31)20(13-25(26,27)28)29-23(34)35-14-19-17-9-4-2-7-15(17)16-8-3-5-10-18(16)19/h2-5,7-10,19-20H,6,11-14H2,1H3,(H,29,34)(H,32,33). The molecule has 10 heteroatoms. The molecular formula is C25H25F3N2O5. The van der Waals surface area contributed by atoms with Crippen LogP contribution in [0.3, 0.4) is 0 Å². The van der Waals surface area contributed by atoms with Crippen molar-refractivity contribution in [1.82, 2.24) is 10.2 Å². The SMILES string of the molecule is CC1(C(=O)O)CCCN1C(=O)C(CC(F)(F)F)NC(=O)OCC1c2ccccc2-c2ccccc21. The van der Waals surface area contributed by atoms with Crippen LogP contribution in [0.1, 0.15) is 43.2 Å². The number of likely N-dealkylation sites (tertiary alicyclic amines) is 1. The molecule has 2 aromatic carbocycles. The van der Waals surface area contributed by atoms with Gasteiger partial charge in [-0.25, -0.2) is 9.59 Å². The summed E-state index contributed by atoms with van der Waals surface area (Å²) in [6.45, 7) is 1.14. The Bertz CT molecular complexity index is 1110. The lowest BCUT2D eigenvalue weighted by atomic mass is 9.98. The molecule has 1 fully saturated rings. The molecule has 35 heavy (non-hydrogen) atoms. The van der Waals surface area contributed by atoms with Crippen molar-refractivity contribution in [1.29, 1.82) is 0 Å². The summed E-state index contributed by atoms with van der Waals surface area (Å²) in [7, 11) is 0. The van der Waals surface area contributed by atoms with Gasteiger partial charge in [0, 0.05) is 12.5 Å². The van der Waals surface area contributed by atoms with E-state index < -0.39 is 42.1 Å². The highest BCUT2D eigenvalue weighted by Gasteiger charge is 2.49. The fourth-order valence-corrected chi connectivity index (χ4v) is 4.94. The molecule has 0 aromatic heterocycles. The van der Waals surface area contributed by atoms with Crippen LogP contribution in [-0.4, -0.2) is 58.9 Å². The molecule has 0 radical (unpaired) electrons. The van der Waals surface area contributed by atoms with Crippen LogP contribution in [0.4, 0.5) is 18.0 Å². The van der Waals surface area contributed by atoms with Crippen molar-refractivity contribution in [2.75, 3.05) is 13.2 Å². The molecule has 1 heterocycles. The van der Waals surface area contributed by atoms with Crippen molar-refractivity contribution >= 4 is 18.0 Å². The number of amides is 2. The Hall–Kier alpha value is -3.56. The molecule has 2 amide bonds. The lowest BCUT2D eigenvalue weighted by molar-refractivity contribution is -0.162. The molecule has 2 N–H and O–H groups in total. The quantitative estimate of drug-likeness (QED) is 0.629. The average molecular weight is 490 g/mol. The van der Waals surface area contributed by atoms with Gasteiger partial charge < -0.3 is 20.1 Å². The van der Waals surface area contributed by atoms with Gasteiger partial charge in [0.1, 0.15) is 18.2 Å². The van der Waals surface area contributed by atoms with Crippen LogP contribution in [0.25, 0.3) is 11.1 Å². The number of carbonyl (C=O) groups excluding carboxylic acids is 2. The van der Waals surface area contributed by atoms with Crippen LogP contribution in [0, 0.1) is 0 Å². The maximum atomic E-state index is 13.2. The Balaban J connectivity index is 1.48. The number of aliphatic carboxylic acids is 1. The van der Waals surface area contributed by atoms with Gasteiger partial charge in [0.25, 0.3) is 0 Å². The third-order valence-electron chi connectivity index (χ3n) is 6.74. The van der Waals surface area contributed by atoms with Crippen LogP contribution < -0.4 is 5.32 Å². The van der Waals surface area contributed by atoms with Gasteiger partial charge in [0.15, 0.2) is 0 Å². The molecule has 186 valence electrons. The number of benzene rings is 2. The lowest BCUT2D eigenvalue weighted by Gasteiger charge is -2.34. The van der Waals surface area contributed by atoms with E-state index in [1.54, 1.807) is 0 Å². The number of alkyl halides is 3. The number of ether oxygens (including phenoxy) is 1. The van der Waals surface area contributed by atoms with Crippen LogP contribution >= 0.6 is 0 Å². The minimum Gasteiger partial charge on any atom is -0.480 e. The second-order valence-electron chi connectivity index (χ2n) is 9.01. The number of carboxylic acids is 1. The monoisotopic (exact) mass is 490 g/mol. The zero-order valence-electron chi connectivity index (χ0n) is 19.0. The van der Waals surface area contributed by atoms with E-state index in [4.69, 9.17) is 4.74 Å².